The molecule has 2 nitrogen and oxygen atoms in total. The van der Waals surface area contributed by atoms with Crippen LogP contribution in [0.25, 0.3) is 0 Å². The molecular weight excluding hydrogens is 208 g/mol. The molecule has 0 aliphatic rings. The van der Waals surface area contributed by atoms with Crippen molar-refractivity contribution in [3.05, 3.63) is 22.8 Å². The van der Waals surface area contributed by atoms with Crippen molar-refractivity contribution in [2.24, 2.45) is 0 Å². The molecular formula is C15H26N2. The molecule has 2 heteroatoms. The van der Waals surface area contributed by atoms with Gasteiger partial charge < -0.3 is 10.6 Å². The van der Waals surface area contributed by atoms with Crippen LogP contribution in [0.1, 0.15) is 44.4 Å². The van der Waals surface area contributed by atoms with Gasteiger partial charge >= 0.3 is 0 Å². The van der Waals surface area contributed by atoms with Crippen LogP contribution in [0.4, 0.5) is 11.4 Å². The summed E-state index contributed by atoms with van der Waals surface area (Å²) >= 11 is 0. The van der Waals surface area contributed by atoms with Gasteiger partial charge in [-0.15, -0.1) is 0 Å². The van der Waals surface area contributed by atoms with Gasteiger partial charge in [-0.3, -0.25) is 0 Å². The van der Waals surface area contributed by atoms with Crippen LogP contribution in [0.5, 0.6) is 0 Å². The Bertz CT molecular complexity index is 358. The van der Waals surface area contributed by atoms with E-state index in [0.29, 0.717) is 12.1 Å². The largest absolute Gasteiger partial charge is 0.382 e. The number of aryl methyl sites for hydroxylation is 2. The van der Waals surface area contributed by atoms with E-state index in [9.17, 15) is 0 Å². The zero-order valence-corrected chi connectivity index (χ0v) is 12.2. The Balaban J connectivity index is 3.22. The number of anilines is 2. The Morgan fingerprint density at radius 1 is 0.765 bits per heavy atom. The average Bonchev–Trinajstić information content (AvgIpc) is 2.18. The quantitative estimate of drug-likeness (QED) is 0.813. The van der Waals surface area contributed by atoms with Crippen LogP contribution < -0.4 is 10.6 Å². The molecule has 0 spiro atoms. The molecule has 0 aliphatic heterocycles. The normalized spacial score (nSPS) is 11.1. The SMILES string of the molecule is Cc1cc(C)c(NC(C)C)c(C)c1NC(C)C. The summed E-state index contributed by atoms with van der Waals surface area (Å²) in [5.41, 5.74) is 6.51. The zero-order valence-electron chi connectivity index (χ0n) is 12.2. The summed E-state index contributed by atoms with van der Waals surface area (Å²) in [4.78, 5) is 0. The van der Waals surface area contributed by atoms with E-state index in [2.05, 4.69) is 65.2 Å². The topological polar surface area (TPSA) is 24.1 Å². The van der Waals surface area contributed by atoms with Gasteiger partial charge in [0.15, 0.2) is 0 Å². The lowest BCUT2D eigenvalue weighted by Gasteiger charge is -2.22. The van der Waals surface area contributed by atoms with E-state index in [-0.39, 0.29) is 0 Å². The fraction of sp³-hybridized carbons (Fsp3) is 0.600. The minimum atomic E-state index is 0.460. The highest BCUT2D eigenvalue weighted by molar-refractivity contribution is 5.72. The van der Waals surface area contributed by atoms with Crippen LogP contribution in [-0.2, 0) is 0 Å². The molecule has 0 fully saturated rings. The Morgan fingerprint density at radius 2 is 1.12 bits per heavy atom. The first-order valence-electron chi connectivity index (χ1n) is 6.46. The number of hydrogen-bond acceptors (Lipinski definition) is 2. The van der Waals surface area contributed by atoms with Crippen LogP contribution >= 0.6 is 0 Å². The first-order valence-corrected chi connectivity index (χ1v) is 6.46. The van der Waals surface area contributed by atoms with Gasteiger partial charge in [0, 0.05) is 23.5 Å². The fourth-order valence-corrected chi connectivity index (χ4v) is 2.21. The van der Waals surface area contributed by atoms with Crippen molar-refractivity contribution in [1.29, 1.82) is 0 Å². The Kier molecular flexibility index (Phi) is 4.44. The number of benzene rings is 1. The molecule has 0 amide bonds. The van der Waals surface area contributed by atoms with E-state index >= 15 is 0 Å². The molecule has 0 heterocycles. The summed E-state index contributed by atoms with van der Waals surface area (Å²) in [7, 11) is 0. The molecule has 0 atom stereocenters. The van der Waals surface area contributed by atoms with Crippen molar-refractivity contribution in [3.8, 4) is 0 Å². The lowest BCUT2D eigenvalue weighted by Crippen LogP contribution is -2.16. The van der Waals surface area contributed by atoms with Gasteiger partial charge in [-0.1, -0.05) is 6.07 Å². The number of nitrogens with one attached hydrogen (secondary N) is 2. The molecule has 1 rings (SSSR count). The second-order valence-electron chi connectivity index (χ2n) is 5.48. The van der Waals surface area contributed by atoms with Crippen LogP contribution in [0.15, 0.2) is 6.07 Å². The van der Waals surface area contributed by atoms with Crippen LogP contribution in [0.2, 0.25) is 0 Å². The van der Waals surface area contributed by atoms with Crippen LogP contribution in [0.3, 0.4) is 0 Å². The van der Waals surface area contributed by atoms with Crippen LogP contribution in [-0.4, -0.2) is 12.1 Å². The Hall–Kier alpha value is -1.18. The van der Waals surface area contributed by atoms with Crippen molar-refractivity contribution in [1.82, 2.24) is 0 Å². The zero-order chi connectivity index (χ0) is 13.2. The van der Waals surface area contributed by atoms with Gasteiger partial charge in [0.05, 0.1) is 0 Å². The Morgan fingerprint density at radius 3 is 1.41 bits per heavy atom. The summed E-state index contributed by atoms with van der Waals surface area (Å²) in [6.45, 7) is 15.2. The second-order valence-corrected chi connectivity index (χ2v) is 5.48. The molecule has 1 aromatic carbocycles. The monoisotopic (exact) mass is 234 g/mol. The predicted molar refractivity (Wildman–Crippen MR) is 78.2 cm³/mol. The molecule has 0 bridgehead atoms. The highest BCUT2D eigenvalue weighted by atomic mass is 14.9. The first kappa shape index (κ1) is 13.9. The van der Waals surface area contributed by atoms with Gasteiger partial charge in [0.2, 0.25) is 0 Å². The van der Waals surface area contributed by atoms with Gasteiger partial charge in [-0.25, -0.2) is 0 Å². The lowest BCUT2D eigenvalue weighted by molar-refractivity contribution is 0.884. The molecule has 0 aliphatic carbocycles. The van der Waals surface area contributed by atoms with Crippen molar-refractivity contribution in [2.45, 2.75) is 60.5 Å². The van der Waals surface area contributed by atoms with Crippen LogP contribution in [0, 0.1) is 20.8 Å². The third kappa shape index (κ3) is 3.39. The van der Waals surface area contributed by atoms with E-state index < -0.39 is 0 Å². The third-order valence-electron chi connectivity index (χ3n) is 2.84. The van der Waals surface area contributed by atoms with E-state index in [1.165, 1.54) is 28.1 Å². The predicted octanol–water partition coefficient (Wildman–Crippen LogP) is 4.25. The molecule has 0 unspecified atom stereocenters. The average molecular weight is 234 g/mol. The molecule has 0 saturated carbocycles. The minimum Gasteiger partial charge on any atom is -0.382 e. The Labute approximate surface area is 106 Å². The van der Waals surface area contributed by atoms with E-state index in [0.717, 1.165) is 0 Å². The molecule has 1 aromatic rings. The standard InChI is InChI=1S/C15H26N2/c1-9(2)16-14-11(5)8-12(6)15(13(14)7)17-10(3)4/h8-10,16-17H,1-7H3. The molecule has 0 radical (unpaired) electrons. The fourth-order valence-electron chi connectivity index (χ4n) is 2.21. The van der Waals surface area contributed by atoms with E-state index in [4.69, 9.17) is 0 Å². The van der Waals surface area contributed by atoms with Crippen molar-refractivity contribution in [3.63, 3.8) is 0 Å². The maximum atomic E-state index is 3.54. The van der Waals surface area contributed by atoms with Crippen molar-refractivity contribution < 1.29 is 0 Å². The highest BCUT2D eigenvalue weighted by Crippen LogP contribution is 2.31. The first-order chi connectivity index (χ1) is 7.82. The minimum absolute atomic E-state index is 0.460. The lowest BCUT2D eigenvalue weighted by atomic mass is 10.0. The molecule has 0 aromatic heterocycles. The summed E-state index contributed by atoms with van der Waals surface area (Å²) in [5.74, 6) is 0. The van der Waals surface area contributed by atoms with E-state index in [1.807, 2.05) is 0 Å². The summed E-state index contributed by atoms with van der Waals surface area (Å²) < 4.78 is 0. The molecule has 17 heavy (non-hydrogen) atoms. The van der Waals surface area contributed by atoms with Crippen molar-refractivity contribution in [2.75, 3.05) is 10.6 Å². The molecule has 2 N–H and O–H groups in total. The number of rotatable bonds is 4. The molecule has 96 valence electrons. The molecule has 0 saturated heterocycles. The van der Waals surface area contributed by atoms with Crippen molar-refractivity contribution >= 4 is 11.4 Å². The smallest absolute Gasteiger partial charge is 0.0422 e. The maximum Gasteiger partial charge on any atom is 0.0422 e. The van der Waals surface area contributed by atoms with Gasteiger partial charge in [-0.05, 0) is 65.2 Å². The van der Waals surface area contributed by atoms with Gasteiger partial charge in [-0.2, -0.15) is 0 Å². The number of hydrogen-bond donors (Lipinski definition) is 2. The summed E-state index contributed by atoms with van der Waals surface area (Å²) in [6.07, 6.45) is 0. The van der Waals surface area contributed by atoms with Gasteiger partial charge in [0.1, 0.15) is 0 Å². The highest BCUT2D eigenvalue weighted by Gasteiger charge is 2.12. The van der Waals surface area contributed by atoms with Gasteiger partial charge in [0.25, 0.3) is 0 Å². The maximum absolute atomic E-state index is 3.54. The van der Waals surface area contributed by atoms with E-state index in [1.54, 1.807) is 0 Å². The summed E-state index contributed by atoms with van der Waals surface area (Å²) in [6, 6.07) is 3.17. The third-order valence-corrected chi connectivity index (χ3v) is 2.84. The summed E-state index contributed by atoms with van der Waals surface area (Å²) in [5, 5.41) is 7.08. The second kappa shape index (κ2) is 5.44.